The van der Waals surface area contributed by atoms with E-state index in [1.54, 1.807) is 0 Å². The molecule has 0 aromatic heterocycles. The zero-order chi connectivity index (χ0) is 13.0. The van der Waals surface area contributed by atoms with E-state index in [2.05, 4.69) is 20.7 Å². The molecule has 88 valence electrons. The Bertz CT molecular complexity index is 522. The lowest BCUT2D eigenvalue weighted by Crippen LogP contribution is -2.07. The highest BCUT2D eigenvalue weighted by Crippen LogP contribution is 2.30. The van der Waals surface area contributed by atoms with Gasteiger partial charge in [-0.3, -0.25) is 14.9 Å². The fourth-order valence-electron chi connectivity index (χ4n) is 1.29. The van der Waals surface area contributed by atoms with Crippen LogP contribution >= 0.6 is 15.9 Å². The monoisotopic (exact) mass is 298 g/mol. The lowest BCUT2D eigenvalue weighted by atomic mass is 10.1. The van der Waals surface area contributed by atoms with Crippen LogP contribution in [0.1, 0.15) is 11.1 Å². The van der Waals surface area contributed by atoms with Crippen molar-refractivity contribution in [2.45, 2.75) is 6.42 Å². The average molecular weight is 299 g/mol. The van der Waals surface area contributed by atoms with E-state index in [1.807, 2.05) is 6.07 Å². The summed E-state index contributed by atoms with van der Waals surface area (Å²) in [5.74, 6) is -0.602. The van der Waals surface area contributed by atoms with E-state index < -0.39 is 10.9 Å². The Hall–Kier alpha value is -1.94. The van der Waals surface area contributed by atoms with Gasteiger partial charge in [0.1, 0.15) is 0 Å². The Morgan fingerprint density at radius 1 is 1.65 bits per heavy atom. The van der Waals surface area contributed by atoms with Crippen LogP contribution in [0, 0.1) is 21.4 Å². The number of methoxy groups -OCH3 is 1. The van der Waals surface area contributed by atoms with Crippen LogP contribution in [0.3, 0.4) is 0 Å². The number of hydrogen-bond donors (Lipinski definition) is 0. The van der Waals surface area contributed by atoms with Gasteiger partial charge in [-0.05, 0) is 28.1 Å². The number of esters is 1. The van der Waals surface area contributed by atoms with Crippen LogP contribution < -0.4 is 0 Å². The Morgan fingerprint density at radius 2 is 2.29 bits per heavy atom. The number of nitro groups is 1. The van der Waals surface area contributed by atoms with E-state index in [-0.39, 0.29) is 27.7 Å². The number of halogens is 1. The topological polar surface area (TPSA) is 93.2 Å². The summed E-state index contributed by atoms with van der Waals surface area (Å²) < 4.78 is 4.61. The summed E-state index contributed by atoms with van der Waals surface area (Å²) in [6, 6.07) is 4.50. The molecule has 0 bridgehead atoms. The largest absolute Gasteiger partial charge is 0.469 e. The molecule has 0 atom stereocenters. The van der Waals surface area contributed by atoms with Crippen LogP contribution in [0.2, 0.25) is 0 Å². The minimum atomic E-state index is -0.608. The molecule has 6 nitrogen and oxygen atoms in total. The lowest BCUT2D eigenvalue weighted by Gasteiger charge is -2.04. The standard InChI is InChI=1S/C10H7BrN2O4/c1-17-9(14)4-7-2-6(5-12)3-8(11)10(7)13(15)16/h2-3H,4H2,1H3. The number of hydrogen-bond acceptors (Lipinski definition) is 5. The van der Waals surface area contributed by atoms with Gasteiger partial charge in [0, 0.05) is 5.56 Å². The van der Waals surface area contributed by atoms with Crippen molar-refractivity contribution in [3.8, 4) is 6.07 Å². The molecule has 1 aromatic rings. The molecule has 7 heteroatoms. The van der Waals surface area contributed by atoms with Gasteiger partial charge < -0.3 is 4.74 Å². The molecule has 0 radical (unpaired) electrons. The molecule has 1 rings (SSSR count). The Labute approximate surface area is 105 Å². The summed E-state index contributed by atoms with van der Waals surface area (Å²) in [5, 5.41) is 19.6. The summed E-state index contributed by atoms with van der Waals surface area (Å²) in [6.45, 7) is 0. The predicted molar refractivity (Wildman–Crippen MR) is 61.2 cm³/mol. The van der Waals surface area contributed by atoms with Gasteiger partial charge >= 0.3 is 5.97 Å². The lowest BCUT2D eigenvalue weighted by molar-refractivity contribution is -0.386. The van der Waals surface area contributed by atoms with Crippen LogP contribution in [0.5, 0.6) is 0 Å². The highest BCUT2D eigenvalue weighted by atomic mass is 79.9. The molecule has 0 amide bonds. The maximum absolute atomic E-state index is 11.1. The molecular formula is C10H7BrN2O4. The van der Waals surface area contributed by atoms with E-state index >= 15 is 0 Å². The molecule has 0 spiro atoms. The Balaban J connectivity index is 3.33. The van der Waals surface area contributed by atoms with Crippen LogP contribution in [-0.2, 0) is 16.0 Å². The molecule has 1 aromatic carbocycles. The van der Waals surface area contributed by atoms with Crippen LogP contribution in [-0.4, -0.2) is 18.0 Å². The van der Waals surface area contributed by atoms with Crippen LogP contribution in [0.25, 0.3) is 0 Å². The molecule has 0 aliphatic heterocycles. The zero-order valence-electron chi connectivity index (χ0n) is 8.77. The molecule has 0 heterocycles. The van der Waals surface area contributed by atoms with Crippen LogP contribution in [0.4, 0.5) is 5.69 Å². The fourth-order valence-corrected chi connectivity index (χ4v) is 1.93. The third-order valence-corrected chi connectivity index (χ3v) is 2.62. The van der Waals surface area contributed by atoms with E-state index in [0.717, 1.165) is 0 Å². The average Bonchev–Trinajstić information content (AvgIpc) is 2.27. The SMILES string of the molecule is COC(=O)Cc1cc(C#N)cc(Br)c1[N+](=O)[O-]. The highest BCUT2D eigenvalue weighted by molar-refractivity contribution is 9.10. The number of carbonyl (C=O) groups excluding carboxylic acids is 1. The highest BCUT2D eigenvalue weighted by Gasteiger charge is 2.21. The number of nitriles is 1. The van der Waals surface area contributed by atoms with E-state index in [4.69, 9.17) is 5.26 Å². The van der Waals surface area contributed by atoms with Crippen molar-refractivity contribution in [2.24, 2.45) is 0 Å². The van der Waals surface area contributed by atoms with Gasteiger partial charge in [0.05, 0.1) is 34.6 Å². The first-order valence-electron chi connectivity index (χ1n) is 4.43. The smallest absolute Gasteiger partial charge is 0.310 e. The maximum Gasteiger partial charge on any atom is 0.310 e. The number of carbonyl (C=O) groups is 1. The van der Waals surface area contributed by atoms with Gasteiger partial charge in [-0.2, -0.15) is 5.26 Å². The predicted octanol–water partition coefficient (Wildman–Crippen LogP) is 1.94. The minimum absolute atomic E-state index is 0.146. The summed E-state index contributed by atoms with van der Waals surface area (Å²) >= 11 is 3.01. The summed E-state index contributed by atoms with van der Waals surface area (Å²) in [7, 11) is 1.19. The summed E-state index contributed by atoms with van der Waals surface area (Å²) in [5.41, 5.74) is 0.156. The fraction of sp³-hybridized carbons (Fsp3) is 0.200. The van der Waals surface area contributed by atoms with E-state index in [1.165, 1.54) is 19.2 Å². The molecule has 0 fully saturated rings. The van der Waals surface area contributed by atoms with E-state index in [0.29, 0.717) is 0 Å². The van der Waals surface area contributed by atoms with Crippen molar-refractivity contribution in [1.29, 1.82) is 5.26 Å². The van der Waals surface area contributed by atoms with Crippen molar-refractivity contribution in [3.05, 3.63) is 37.8 Å². The van der Waals surface area contributed by atoms with Crippen LogP contribution in [0.15, 0.2) is 16.6 Å². The van der Waals surface area contributed by atoms with Gasteiger partial charge in [0.25, 0.3) is 5.69 Å². The number of ether oxygens (including phenoxy) is 1. The van der Waals surface area contributed by atoms with Gasteiger partial charge in [0.2, 0.25) is 0 Å². The summed E-state index contributed by atoms with van der Waals surface area (Å²) in [6.07, 6.45) is -0.249. The maximum atomic E-state index is 11.1. The number of nitrogens with zero attached hydrogens (tertiary/aromatic N) is 2. The van der Waals surface area contributed by atoms with E-state index in [9.17, 15) is 14.9 Å². The van der Waals surface area contributed by atoms with Gasteiger partial charge in [-0.1, -0.05) is 0 Å². The molecule has 0 saturated heterocycles. The Morgan fingerprint density at radius 3 is 2.76 bits per heavy atom. The molecule has 0 aliphatic rings. The minimum Gasteiger partial charge on any atom is -0.469 e. The summed E-state index contributed by atoms with van der Waals surface area (Å²) in [4.78, 5) is 21.4. The third kappa shape index (κ3) is 3.01. The second-order valence-corrected chi connectivity index (χ2v) is 3.94. The number of rotatable bonds is 3. The Kier molecular flexibility index (Phi) is 4.17. The first-order valence-corrected chi connectivity index (χ1v) is 5.22. The second kappa shape index (κ2) is 5.41. The normalized spacial score (nSPS) is 9.47. The number of nitro benzene ring substituents is 1. The van der Waals surface area contributed by atoms with Crippen molar-refractivity contribution in [3.63, 3.8) is 0 Å². The molecule has 0 unspecified atom stereocenters. The van der Waals surface area contributed by atoms with Gasteiger partial charge in [-0.15, -0.1) is 0 Å². The first kappa shape index (κ1) is 13.1. The van der Waals surface area contributed by atoms with Crippen molar-refractivity contribution in [2.75, 3.05) is 7.11 Å². The molecule has 17 heavy (non-hydrogen) atoms. The van der Waals surface area contributed by atoms with Gasteiger partial charge in [-0.25, -0.2) is 0 Å². The quantitative estimate of drug-likeness (QED) is 0.483. The van der Waals surface area contributed by atoms with Crippen molar-refractivity contribution in [1.82, 2.24) is 0 Å². The van der Waals surface area contributed by atoms with Crippen molar-refractivity contribution < 1.29 is 14.5 Å². The zero-order valence-corrected chi connectivity index (χ0v) is 10.4. The molecule has 0 aliphatic carbocycles. The molecular weight excluding hydrogens is 292 g/mol. The first-order chi connectivity index (χ1) is 7.99. The third-order valence-electron chi connectivity index (χ3n) is 2.02. The second-order valence-electron chi connectivity index (χ2n) is 3.09. The van der Waals surface area contributed by atoms with Crippen molar-refractivity contribution >= 4 is 27.6 Å². The van der Waals surface area contributed by atoms with Gasteiger partial charge in [0.15, 0.2) is 0 Å². The molecule has 0 N–H and O–H groups in total. The molecule has 0 saturated carbocycles. The number of benzene rings is 1.